The number of anilines is 1. The Kier molecular flexibility index (Phi) is 5.42. The molecule has 94 valence electrons. The minimum atomic E-state index is -0.320. The van der Waals surface area contributed by atoms with Crippen molar-refractivity contribution in [2.24, 2.45) is 5.73 Å². The lowest BCUT2D eigenvalue weighted by Gasteiger charge is -2.17. The van der Waals surface area contributed by atoms with Crippen molar-refractivity contribution in [1.82, 2.24) is 9.88 Å². The number of primary amides is 1. The predicted molar refractivity (Wildman–Crippen MR) is 68.5 cm³/mol. The van der Waals surface area contributed by atoms with Crippen LogP contribution in [0.5, 0.6) is 0 Å². The van der Waals surface area contributed by atoms with Gasteiger partial charge in [-0.05, 0) is 19.5 Å². The fourth-order valence-corrected chi connectivity index (χ4v) is 1.58. The summed E-state index contributed by atoms with van der Waals surface area (Å²) in [6.07, 6.45) is 2.81. The molecule has 1 heterocycles. The van der Waals surface area contributed by atoms with Gasteiger partial charge in [-0.15, -0.1) is 0 Å². The number of hydrogen-bond acceptors (Lipinski definition) is 4. The molecule has 0 saturated carbocycles. The van der Waals surface area contributed by atoms with Crippen molar-refractivity contribution >= 4 is 11.7 Å². The zero-order valence-electron chi connectivity index (χ0n) is 10.4. The quantitative estimate of drug-likeness (QED) is 0.735. The highest BCUT2D eigenvalue weighted by molar-refractivity contribution is 5.75. The highest BCUT2D eigenvalue weighted by Gasteiger charge is 2.07. The minimum absolute atomic E-state index is 0.252. The van der Waals surface area contributed by atoms with Crippen molar-refractivity contribution in [2.45, 2.75) is 19.9 Å². The number of nitrogens with two attached hydrogens (primary N) is 1. The van der Waals surface area contributed by atoms with Gasteiger partial charge in [0, 0.05) is 24.8 Å². The molecule has 0 radical (unpaired) electrons. The molecule has 0 aliphatic rings. The van der Waals surface area contributed by atoms with Crippen molar-refractivity contribution in [2.75, 3.05) is 25.5 Å². The Bertz CT molecular complexity index is 367. The zero-order valence-corrected chi connectivity index (χ0v) is 10.4. The Morgan fingerprint density at radius 3 is 3.00 bits per heavy atom. The van der Waals surface area contributed by atoms with Gasteiger partial charge in [0.2, 0.25) is 5.91 Å². The molecule has 0 saturated heterocycles. The van der Waals surface area contributed by atoms with Gasteiger partial charge in [-0.25, -0.2) is 4.98 Å². The van der Waals surface area contributed by atoms with E-state index in [2.05, 4.69) is 17.2 Å². The molecule has 1 aromatic heterocycles. The molecule has 17 heavy (non-hydrogen) atoms. The fraction of sp³-hybridized carbons (Fsp3) is 0.500. The lowest BCUT2D eigenvalue weighted by Crippen LogP contribution is -2.30. The zero-order chi connectivity index (χ0) is 12.7. The average Bonchev–Trinajstić information content (AvgIpc) is 2.26. The summed E-state index contributed by atoms with van der Waals surface area (Å²) in [5, 5.41) is 3.27. The summed E-state index contributed by atoms with van der Waals surface area (Å²) in [5.41, 5.74) is 6.23. The molecule has 0 spiro atoms. The first-order chi connectivity index (χ1) is 8.13. The third kappa shape index (κ3) is 4.82. The number of carbonyl (C=O) groups is 1. The molecule has 1 rings (SSSR count). The second-order valence-electron chi connectivity index (χ2n) is 4.08. The molecule has 0 bridgehead atoms. The minimum Gasteiger partial charge on any atom is -0.370 e. The van der Waals surface area contributed by atoms with Gasteiger partial charge in [-0.1, -0.05) is 13.0 Å². The topological polar surface area (TPSA) is 71.2 Å². The van der Waals surface area contributed by atoms with Crippen molar-refractivity contribution in [3.05, 3.63) is 23.9 Å². The van der Waals surface area contributed by atoms with E-state index in [1.165, 1.54) is 0 Å². The number of hydrogen-bond donors (Lipinski definition) is 2. The Labute approximate surface area is 102 Å². The maximum atomic E-state index is 10.8. The van der Waals surface area contributed by atoms with E-state index in [-0.39, 0.29) is 12.5 Å². The Balaban J connectivity index is 2.65. The van der Waals surface area contributed by atoms with Gasteiger partial charge in [0.1, 0.15) is 5.82 Å². The van der Waals surface area contributed by atoms with Crippen LogP contribution in [-0.4, -0.2) is 35.9 Å². The number of amides is 1. The van der Waals surface area contributed by atoms with Crippen LogP contribution in [0.2, 0.25) is 0 Å². The van der Waals surface area contributed by atoms with E-state index in [0.717, 1.165) is 24.3 Å². The smallest absolute Gasteiger partial charge is 0.231 e. The van der Waals surface area contributed by atoms with E-state index in [9.17, 15) is 4.79 Å². The second-order valence-corrected chi connectivity index (χ2v) is 4.08. The van der Waals surface area contributed by atoms with E-state index in [0.29, 0.717) is 6.54 Å². The van der Waals surface area contributed by atoms with Crippen LogP contribution in [0.4, 0.5) is 5.82 Å². The van der Waals surface area contributed by atoms with Gasteiger partial charge in [-0.3, -0.25) is 9.69 Å². The van der Waals surface area contributed by atoms with Gasteiger partial charge < -0.3 is 11.1 Å². The molecular weight excluding hydrogens is 216 g/mol. The molecule has 0 atom stereocenters. The third-order valence-corrected chi connectivity index (χ3v) is 2.30. The largest absolute Gasteiger partial charge is 0.370 e. The first-order valence-electron chi connectivity index (χ1n) is 5.78. The van der Waals surface area contributed by atoms with Crippen LogP contribution in [0, 0.1) is 0 Å². The molecule has 0 aliphatic carbocycles. The number of rotatable bonds is 7. The number of pyridine rings is 1. The molecule has 0 unspecified atom stereocenters. The first-order valence-corrected chi connectivity index (χ1v) is 5.78. The maximum absolute atomic E-state index is 10.8. The number of nitrogens with one attached hydrogen (secondary N) is 1. The van der Waals surface area contributed by atoms with Crippen LogP contribution in [0.1, 0.15) is 18.9 Å². The Morgan fingerprint density at radius 1 is 1.59 bits per heavy atom. The Hall–Kier alpha value is -1.62. The number of likely N-dealkylation sites (N-methyl/N-ethyl adjacent to an activating group) is 1. The summed E-state index contributed by atoms with van der Waals surface area (Å²) < 4.78 is 0. The lowest BCUT2D eigenvalue weighted by molar-refractivity contribution is -0.118. The molecule has 0 aliphatic heterocycles. The molecule has 5 heteroatoms. The summed E-state index contributed by atoms with van der Waals surface area (Å²) in [4.78, 5) is 17.0. The molecule has 5 nitrogen and oxygen atoms in total. The van der Waals surface area contributed by atoms with Gasteiger partial charge in [-0.2, -0.15) is 0 Å². The van der Waals surface area contributed by atoms with Crippen molar-refractivity contribution < 1.29 is 4.79 Å². The van der Waals surface area contributed by atoms with Crippen LogP contribution in [0.25, 0.3) is 0 Å². The second kappa shape index (κ2) is 6.85. The van der Waals surface area contributed by atoms with E-state index < -0.39 is 0 Å². The summed E-state index contributed by atoms with van der Waals surface area (Å²) in [6.45, 7) is 3.91. The molecule has 0 aromatic carbocycles. The van der Waals surface area contributed by atoms with Gasteiger partial charge in [0.15, 0.2) is 0 Å². The highest BCUT2D eigenvalue weighted by Crippen LogP contribution is 2.13. The van der Waals surface area contributed by atoms with Crippen molar-refractivity contribution in [3.8, 4) is 0 Å². The van der Waals surface area contributed by atoms with Crippen molar-refractivity contribution in [1.29, 1.82) is 0 Å². The van der Waals surface area contributed by atoms with Crippen LogP contribution in [0.15, 0.2) is 18.3 Å². The van der Waals surface area contributed by atoms with E-state index in [4.69, 9.17) is 5.73 Å². The van der Waals surface area contributed by atoms with E-state index in [1.54, 1.807) is 6.20 Å². The molecular formula is C12H20N4O. The van der Waals surface area contributed by atoms with Gasteiger partial charge >= 0.3 is 0 Å². The monoisotopic (exact) mass is 236 g/mol. The maximum Gasteiger partial charge on any atom is 0.231 e. The highest BCUT2D eigenvalue weighted by atomic mass is 16.1. The van der Waals surface area contributed by atoms with Crippen LogP contribution < -0.4 is 11.1 Å². The normalized spacial score (nSPS) is 10.5. The predicted octanol–water partition coefficient (Wildman–Crippen LogP) is 0.821. The molecule has 3 N–H and O–H groups in total. The molecule has 1 aromatic rings. The van der Waals surface area contributed by atoms with Crippen LogP contribution in [0.3, 0.4) is 0 Å². The fourth-order valence-electron chi connectivity index (χ4n) is 1.58. The number of carbonyl (C=O) groups excluding carboxylic acids is 1. The first kappa shape index (κ1) is 13.4. The van der Waals surface area contributed by atoms with Crippen molar-refractivity contribution in [3.63, 3.8) is 0 Å². The Morgan fingerprint density at radius 2 is 2.35 bits per heavy atom. The SMILES string of the molecule is CCCNc1ncccc1CN(C)CC(N)=O. The molecule has 0 fully saturated rings. The average molecular weight is 236 g/mol. The van der Waals surface area contributed by atoms with E-state index in [1.807, 2.05) is 24.1 Å². The third-order valence-electron chi connectivity index (χ3n) is 2.30. The standard InChI is InChI=1S/C12H20N4O/c1-3-6-14-12-10(5-4-7-15-12)8-16(2)9-11(13)17/h4-5,7H,3,6,8-9H2,1-2H3,(H2,13,17)(H,14,15). The number of nitrogens with zero attached hydrogens (tertiary/aromatic N) is 2. The van der Waals surface area contributed by atoms with Crippen LogP contribution in [-0.2, 0) is 11.3 Å². The summed E-state index contributed by atoms with van der Waals surface area (Å²) in [5.74, 6) is 0.560. The molecule has 1 amide bonds. The summed E-state index contributed by atoms with van der Waals surface area (Å²) >= 11 is 0. The lowest BCUT2D eigenvalue weighted by atomic mass is 10.2. The summed E-state index contributed by atoms with van der Waals surface area (Å²) in [6, 6.07) is 3.90. The van der Waals surface area contributed by atoms with E-state index >= 15 is 0 Å². The van der Waals surface area contributed by atoms with Crippen LogP contribution >= 0.6 is 0 Å². The summed E-state index contributed by atoms with van der Waals surface area (Å²) in [7, 11) is 1.86. The van der Waals surface area contributed by atoms with Gasteiger partial charge in [0.05, 0.1) is 6.54 Å². The van der Waals surface area contributed by atoms with Gasteiger partial charge in [0.25, 0.3) is 0 Å². The number of aromatic nitrogens is 1.